The summed E-state index contributed by atoms with van der Waals surface area (Å²) in [5, 5.41) is 7.05. The molecule has 1 N–H and O–H groups in total. The lowest BCUT2D eigenvalue weighted by atomic mass is 9.93. The van der Waals surface area contributed by atoms with Crippen LogP contribution in [0, 0.1) is 19.8 Å². The molecule has 1 aromatic heterocycles. The summed E-state index contributed by atoms with van der Waals surface area (Å²) in [6.07, 6.45) is 6.93. The van der Waals surface area contributed by atoms with E-state index >= 15 is 0 Å². The van der Waals surface area contributed by atoms with Crippen molar-refractivity contribution in [2.45, 2.75) is 69.7 Å². The summed E-state index contributed by atoms with van der Waals surface area (Å²) >= 11 is 0. The van der Waals surface area contributed by atoms with E-state index in [0.29, 0.717) is 42.2 Å². The number of sulfonamides is 1. The zero-order valence-electron chi connectivity index (χ0n) is 18.1. The molecule has 1 amide bonds. The molecule has 1 saturated heterocycles. The number of nitrogens with one attached hydrogen (secondary N) is 1. The number of amides is 1. The minimum atomic E-state index is -3.75. The van der Waals surface area contributed by atoms with Crippen LogP contribution in [0.5, 0.6) is 0 Å². The summed E-state index contributed by atoms with van der Waals surface area (Å²) < 4.78 is 33.5. The van der Waals surface area contributed by atoms with E-state index in [1.54, 1.807) is 32.0 Å². The van der Waals surface area contributed by atoms with Crippen molar-refractivity contribution >= 4 is 15.9 Å². The number of nitrogens with zero attached hydrogens (tertiary/aromatic N) is 3. The van der Waals surface area contributed by atoms with Crippen LogP contribution in [-0.2, 0) is 14.8 Å². The van der Waals surface area contributed by atoms with Gasteiger partial charge in [0.15, 0.2) is 0 Å². The molecule has 0 unspecified atom stereocenters. The van der Waals surface area contributed by atoms with E-state index in [1.807, 2.05) is 0 Å². The topological polar surface area (TPSA) is 105 Å². The van der Waals surface area contributed by atoms with Crippen molar-refractivity contribution in [3.8, 4) is 11.4 Å². The van der Waals surface area contributed by atoms with Gasteiger partial charge in [0.2, 0.25) is 27.6 Å². The van der Waals surface area contributed by atoms with Crippen molar-refractivity contribution in [1.29, 1.82) is 0 Å². The van der Waals surface area contributed by atoms with Gasteiger partial charge >= 0.3 is 0 Å². The average molecular weight is 447 g/mol. The Labute approximate surface area is 183 Å². The maximum atomic E-state index is 13.5. The van der Waals surface area contributed by atoms with Gasteiger partial charge in [-0.25, -0.2) is 8.42 Å². The van der Waals surface area contributed by atoms with Crippen LogP contribution in [0.25, 0.3) is 11.4 Å². The van der Waals surface area contributed by atoms with Gasteiger partial charge in [-0.05, 0) is 44.2 Å². The summed E-state index contributed by atoms with van der Waals surface area (Å²) in [4.78, 5) is 17.2. The Morgan fingerprint density at radius 2 is 1.90 bits per heavy atom. The summed E-state index contributed by atoms with van der Waals surface area (Å²) in [6.45, 7) is 4.09. The third-order valence-electron chi connectivity index (χ3n) is 6.30. The van der Waals surface area contributed by atoms with E-state index in [4.69, 9.17) is 4.52 Å². The van der Waals surface area contributed by atoms with Crippen molar-refractivity contribution < 1.29 is 17.7 Å². The largest absolute Gasteiger partial charge is 0.353 e. The van der Waals surface area contributed by atoms with Crippen molar-refractivity contribution in [1.82, 2.24) is 19.8 Å². The van der Waals surface area contributed by atoms with Crippen LogP contribution in [0.4, 0.5) is 0 Å². The molecular weight excluding hydrogens is 416 g/mol. The monoisotopic (exact) mass is 446 g/mol. The molecule has 1 aliphatic heterocycles. The van der Waals surface area contributed by atoms with E-state index in [2.05, 4.69) is 15.5 Å². The molecule has 0 bridgehead atoms. The molecule has 2 aliphatic rings. The zero-order chi connectivity index (χ0) is 22.0. The highest BCUT2D eigenvalue weighted by Gasteiger charge is 2.35. The molecule has 0 spiro atoms. The van der Waals surface area contributed by atoms with Gasteiger partial charge in [0.1, 0.15) is 0 Å². The first-order valence-corrected chi connectivity index (χ1v) is 12.5. The standard InChI is InChI=1S/C22H30N4O4S/c1-15-10-11-17(21-23-16(2)30-25-21)13-20(15)31(28,29)26-12-6-7-18(14-26)22(27)24-19-8-4-3-5-9-19/h10-11,13,18-19H,3-9,12,14H2,1-2H3,(H,24,27)/t18-/m0/s1. The first-order chi connectivity index (χ1) is 14.8. The van der Waals surface area contributed by atoms with Gasteiger partial charge in [-0.15, -0.1) is 0 Å². The van der Waals surface area contributed by atoms with Crippen LogP contribution in [-0.4, -0.2) is 47.9 Å². The Balaban J connectivity index is 1.52. The van der Waals surface area contributed by atoms with Crippen molar-refractivity contribution in [2.75, 3.05) is 13.1 Å². The second kappa shape index (κ2) is 9.08. The molecule has 1 atom stereocenters. The predicted molar refractivity (Wildman–Crippen MR) is 116 cm³/mol. The lowest BCUT2D eigenvalue weighted by molar-refractivity contribution is -0.127. The van der Waals surface area contributed by atoms with E-state index in [0.717, 1.165) is 25.7 Å². The lowest BCUT2D eigenvalue weighted by Crippen LogP contribution is -2.47. The van der Waals surface area contributed by atoms with Crippen LogP contribution in [0.15, 0.2) is 27.6 Å². The SMILES string of the molecule is Cc1nc(-c2ccc(C)c(S(=O)(=O)N3CCC[C@H](C(=O)NC4CCCCC4)C3)c2)no1. The summed E-state index contributed by atoms with van der Waals surface area (Å²) in [5.74, 6) is 0.452. The molecule has 1 aliphatic carbocycles. The van der Waals surface area contributed by atoms with Gasteiger partial charge in [0.05, 0.1) is 10.8 Å². The maximum absolute atomic E-state index is 13.5. The number of aryl methyl sites for hydroxylation is 2. The Morgan fingerprint density at radius 3 is 2.61 bits per heavy atom. The molecular formula is C22H30N4O4S. The molecule has 2 heterocycles. The quantitative estimate of drug-likeness (QED) is 0.756. The third kappa shape index (κ3) is 4.82. The lowest BCUT2D eigenvalue weighted by Gasteiger charge is -2.33. The van der Waals surface area contributed by atoms with Crippen molar-refractivity contribution in [3.63, 3.8) is 0 Å². The predicted octanol–water partition coefficient (Wildman–Crippen LogP) is 3.20. The normalized spacial score (nSPS) is 21.2. The second-order valence-corrected chi connectivity index (χ2v) is 10.6. The van der Waals surface area contributed by atoms with Gasteiger partial charge in [-0.1, -0.05) is 36.6 Å². The molecule has 2 aromatic rings. The molecule has 4 rings (SSSR count). The summed E-state index contributed by atoms with van der Waals surface area (Å²) in [6, 6.07) is 5.37. The number of carbonyl (C=O) groups excluding carboxylic acids is 1. The third-order valence-corrected chi connectivity index (χ3v) is 8.31. The zero-order valence-corrected chi connectivity index (χ0v) is 19.0. The number of benzene rings is 1. The highest BCUT2D eigenvalue weighted by Crippen LogP contribution is 2.29. The van der Waals surface area contributed by atoms with Gasteiger partial charge in [0, 0.05) is 31.6 Å². The minimum absolute atomic E-state index is 0.0143. The average Bonchev–Trinajstić information content (AvgIpc) is 3.21. The first kappa shape index (κ1) is 22.0. The maximum Gasteiger partial charge on any atom is 0.243 e. The van der Waals surface area contributed by atoms with Crippen LogP contribution in [0.1, 0.15) is 56.4 Å². The first-order valence-electron chi connectivity index (χ1n) is 11.1. The Kier molecular flexibility index (Phi) is 6.43. The fraction of sp³-hybridized carbons (Fsp3) is 0.591. The van der Waals surface area contributed by atoms with Gasteiger partial charge < -0.3 is 9.84 Å². The molecule has 9 heteroatoms. The molecule has 8 nitrogen and oxygen atoms in total. The number of carbonyl (C=O) groups is 1. The van der Waals surface area contributed by atoms with Crippen molar-refractivity contribution in [2.24, 2.45) is 5.92 Å². The fourth-order valence-electron chi connectivity index (χ4n) is 4.51. The number of hydrogen-bond donors (Lipinski definition) is 1. The highest BCUT2D eigenvalue weighted by atomic mass is 32.2. The molecule has 2 fully saturated rings. The molecule has 1 saturated carbocycles. The van der Waals surface area contributed by atoms with Crippen LogP contribution in [0.2, 0.25) is 0 Å². The number of hydrogen-bond acceptors (Lipinski definition) is 6. The van der Waals surface area contributed by atoms with Crippen LogP contribution >= 0.6 is 0 Å². The minimum Gasteiger partial charge on any atom is -0.353 e. The highest BCUT2D eigenvalue weighted by molar-refractivity contribution is 7.89. The summed E-state index contributed by atoms with van der Waals surface area (Å²) in [5.41, 5.74) is 1.24. The molecule has 0 radical (unpaired) electrons. The number of aromatic nitrogens is 2. The Hall–Kier alpha value is -2.26. The molecule has 31 heavy (non-hydrogen) atoms. The Morgan fingerprint density at radius 1 is 1.13 bits per heavy atom. The molecule has 1 aromatic carbocycles. The fourth-order valence-corrected chi connectivity index (χ4v) is 6.29. The van der Waals surface area contributed by atoms with Crippen LogP contribution < -0.4 is 5.32 Å². The van der Waals surface area contributed by atoms with Gasteiger partial charge in [-0.3, -0.25) is 4.79 Å². The van der Waals surface area contributed by atoms with Gasteiger partial charge in [-0.2, -0.15) is 9.29 Å². The summed E-state index contributed by atoms with van der Waals surface area (Å²) in [7, 11) is -3.75. The number of rotatable bonds is 5. The van der Waals surface area contributed by atoms with E-state index in [1.165, 1.54) is 10.7 Å². The number of piperidine rings is 1. The van der Waals surface area contributed by atoms with Gasteiger partial charge in [0.25, 0.3) is 0 Å². The van der Waals surface area contributed by atoms with E-state index < -0.39 is 10.0 Å². The molecule has 168 valence electrons. The van der Waals surface area contributed by atoms with E-state index in [9.17, 15) is 13.2 Å². The smallest absolute Gasteiger partial charge is 0.243 e. The van der Waals surface area contributed by atoms with E-state index in [-0.39, 0.29) is 29.3 Å². The van der Waals surface area contributed by atoms with Crippen molar-refractivity contribution in [3.05, 3.63) is 29.7 Å². The second-order valence-electron chi connectivity index (χ2n) is 8.66. The Bertz CT molecular complexity index is 1040. The van der Waals surface area contributed by atoms with Crippen LogP contribution in [0.3, 0.4) is 0 Å².